The van der Waals surface area contributed by atoms with Gasteiger partial charge >= 0.3 is 0 Å². The van der Waals surface area contributed by atoms with Crippen LogP contribution in [-0.2, 0) is 0 Å². The van der Waals surface area contributed by atoms with Gasteiger partial charge in [-0.3, -0.25) is 4.90 Å². The summed E-state index contributed by atoms with van der Waals surface area (Å²) in [5.74, 6) is 0. The molecule has 0 aromatic rings. The first-order valence-corrected chi connectivity index (χ1v) is 5.87. The molecule has 1 unspecified atom stereocenters. The van der Waals surface area contributed by atoms with Crippen molar-refractivity contribution in [2.75, 3.05) is 19.6 Å². The fourth-order valence-electron chi connectivity index (χ4n) is 2.87. The van der Waals surface area contributed by atoms with E-state index in [1.165, 1.54) is 38.8 Å². The Kier molecular flexibility index (Phi) is 2.93. The van der Waals surface area contributed by atoms with Gasteiger partial charge in [-0.05, 0) is 19.8 Å². The first kappa shape index (κ1) is 10.2. The van der Waals surface area contributed by atoms with Crippen molar-refractivity contribution in [1.82, 2.24) is 10.2 Å². The highest BCUT2D eigenvalue weighted by atomic mass is 15.2. The van der Waals surface area contributed by atoms with Gasteiger partial charge in [0.1, 0.15) is 0 Å². The smallest absolute Gasteiger partial charge is 0.0309 e. The monoisotopic (exact) mass is 194 g/mol. The quantitative estimate of drug-likeness (QED) is 0.674. The van der Waals surface area contributed by atoms with Crippen LogP contribution in [0.25, 0.3) is 0 Å². The topological polar surface area (TPSA) is 15.3 Å². The first-order chi connectivity index (χ1) is 6.76. The first-order valence-electron chi connectivity index (χ1n) is 5.87. The van der Waals surface area contributed by atoms with E-state index in [1.807, 2.05) is 0 Å². The highest BCUT2D eigenvalue weighted by Gasteiger charge is 2.38. The van der Waals surface area contributed by atoms with Gasteiger partial charge < -0.3 is 5.32 Å². The van der Waals surface area contributed by atoms with Crippen LogP contribution in [0, 0.1) is 0 Å². The van der Waals surface area contributed by atoms with Crippen molar-refractivity contribution < 1.29 is 0 Å². The van der Waals surface area contributed by atoms with Crippen LogP contribution in [0.4, 0.5) is 0 Å². The van der Waals surface area contributed by atoms with E-state index in [1.54, 1.807) is 0 Å². The Hall–Kier alpha value is -0.340. The average Bonchev–Trinajstić information content (AvgIpc) is 2.65. The highest BCUT2D eigenvalue weighted by molar-refractivity contribution is 5.00. The molecule has 0 amide bonds. The Morgan fingerprint density at radius 3 is 2.79 bits per heavy atom. The zero-order chi connectivity index (χ0) is 10.0. The fraction of sp³-hybridized carbons (Fsp3) is 0.833. The van der Waals surface area contributed by atoms with E-state index < -0.39 is 0 Å². The molecule has 2 fully saturated rings. The van der Waals surface area contributed by atoms with Gasteiger partial charge in [0.05, 0.1) is 0 Å². The maximum atomic E-state index is 3.89. The third kappa shape index (κ3) is 1.86. The fourth-order valence-corrected chi connectivity index (χ4v) is 2.87. The van der Waals surface area contributed by atoms with Crippen LogP contribution in [0.5, 0.6) is 0 Å². The predicted octanol–water partition coefficient (Wildman–Crippen LogP) is 1.78. The third-order valence-electron chi connectivity index (χ3n) is 3.88. The molecule has 0 aromatic carbocycles. The lowest BCUT2D eigenvalue weighted by Gasteiger charge is -2.43. The Labute approximate surface area is 87.4 Å². The van der Waals surface area contributed by atoms with Crippen molar-refractivity contribution >= 4 is 0 Å². The van der Waals surface area contributed by atoms with E-state index in [4.69, 9.17) is 0 Å². The lowest BCUT2D eigenvalue weighted by Crippen LogP contribution is -2.60. The number of hydrogen-bond acceptors (Lipinski definition) is 2. The Morgan fingerprint density at radius 2 is 2.14 bits per heavy atom. The summed E-state index contributed by atoms with van der Waals surface area (Å²) in [6, 6.07) is 0.537. The summed E-state index contributed by atoms with van der Waals surface area (Å²) in [5, 5.41) is 3.73. The lowest BCUT2D eigenvalue weighted by molar-refractivity contribution is 0.117. The van der Waals surface area contributed by atoms with E-state index in [0.29, 0.717) is 11.6 Å². The minimum Gasteiger partial charge on any atom is -0.309 e. The van der Waals surface area contributed by atoms with Gasteiger partial charge in [-0.25, -0.2) is 0 Å². The summed E-state index contributed by atoms with van der Waals surface area (Å²) in [4.78, 5) is 2.56. The molecule has 2 heteroatoms. The van der Waals surface area contributed by atoms with Crippen molar-refractivity contribution in [2.45, 2.75) is 44.2 Å². The van der Waals surface area contributed by atoms with Crippen LogP contribution < -0.4 is 5.32 Å². The highest BCUT2D eigenvalue weighted by Crippen LogP contribution is 2.32. The minimum atomic E-state index is 0.454. The number of rotatable bonds is 2. The van der Waals surface area contributed by atoms with Gasteiger partial charge in [-0.15, -0.1) is 6.58 Å². The van der Waals surface area contributed by atoms with Gasteiger partial charge in [0.2, 0.25) is 0 Å². The van der Waals surface area contributed by atoms with Gasteiger partial charge in [-0.2, -0.15) is 0 Å². The Morgan fingerprint density at radius 1 is 1.43 bits per heavy atom. The van der Waals surface area contributed by atoms with E-state index in [-0.39, 0.29) is 0 Å². The number of nitrogens with zero attached hydrogens (tertiary/aromatic N) is 1. The van der Waals surface area contributed by atoms with E-state index in [9.17, 15) is 0 Å². The number of piperazine rings is 1. The van der Waals surface area contributed by atoms with Crippen LogP contribution in [0.1, 0.15) is 32.6 Å². The molecule has 0 radical (unpaired) electrons. The Balaban J connectivity index is 1.99. The van der Waals surface area contributed by atoms with Crippen LogP contribution in [-0.4, -0.2) is 36.1 Å². The molecule has 1 aliphatic heterocycles. The maximum Gasteiger partial charge on any atom is 0.0309 e. The van der Waals surface area contributed by atoms with E-state index in [2.05, 4.69) is 29.8 Å². The van der Waals surface area contributed by atoms with Crippen molar-refractivity contribution in [2.24, 2.45) is 0 Å². The molecule has 1 aliphatic carbocycles. The summed E-state index contributed by atoms with van der Waals surface area (Å²) in [7, 11) is 0. The summed E-state index contributed by atoms with van der Waals surface area (Å²) in [6.07, 6.45) is 7.61. The molecular weight excluding hydrogens is 172 g/mol. The molecule has 14 heavy (non-hydrogen) atoms. The van der Waals surface area contributed by atoms with Crippen molar-refractivity contribution in [3.8, 4) is 0 Å². The summed E-state index contributed by atoms with van der Waals surface area (Å²) in [5.41, 5.74) is 0.454. The molecule has 1 N–H and O–H groups in total. The summed E-state index contributed by atoms with van der Waals surface area (Å²) >= 11 is 0. The third-order valence-corrected chi connectivity index (χ3v) is 3.88. The average molecular weight is 194 g/mol. The molecule has 0 bridgehead atoms. The second-order valence-electron chi connectivity index (χ2n) is 4.86. The summed E-state index contributed by atoms with van der Waals surface area (Å²) in [6.45, 7) is 9.69. The Bertz CT molecular complexity index is 206. The lowest BCUT2D eigenvalue weighted by atomic mass is 9.94. The van der Waals surface area contributed by atoms with Crippen molar-refractivity contribution in [3.05, 3.63) is 12.7 Å². The molecular formula is C12H22N2. The zero-order valence-corrected chi connectivity index (χ0v) is 9.26. The molecule has 1 saturated heterocycles. The van der Waals surface area contributed by atoms with Crippen molar-refractivity contribution in [3.63, 3.8) is 0 Å². The molecule has 1 spiro atoms. The van der Waals surface area contributed by atoms with E-state index >= 15 is 0 Å². The van der Waals surface area contributed by atoms with Crippen LogP contribution in [0.3, 0.4) is 0 Å². The maximum absolute atomic E-state index is 3.89. The SMILES string of the molecule is C=CC(C)N1CCNC2(CCCC2)C1. The second-order valence-corrected chi connectivity index (χ2v) is 4.86. The standard InChI is InChI=1S/C12H22N2/c1-3-11(2)14-9-8-13-12(10-14)6-4-5-7-12/h3,11,13H,1,4-10H2,2H3. The molecule has 2 nitrogen and oxygen atoms in total. The second kappa shape index (κ2) is 4.03. The predicted molar refractivity (Wildman–Crippen MR) is 60.4 cm³/mol. The molecule has 1 saturated carbocycles. The van der Waals surface area contributed by atoms with E-state index in [0.717, 1.165) is 6.54 Å². The van der Waals surface area contributed by atoms with Crippen LogP contribution >= 0.6 is 0 Å². The number of nitrogens with one attached hydrogen (secondary N) is 1. The zero-order valence-electron chi connectivity index (χ0n) is 9.26. The molecule has 2 aliphatic rings. The molecule has 1 heterocycles. The van der Waals surface area contributed by atoms with Crippen LogP contribution in [0.2, 0.25) is 0 Å². The van der Waals surface area contributed by atoms with Gasteiger partial charge in [0.15, 0.2) is 0 Å². The van der Waals surface area contributed by atoms with Crippen LogP contribution in [0.15, 0.2) is 12.7 Å². The normalized spacial score (nSPS) is 29.2. The van der Waals surface area contributed by atoms with Gasteiger partial charge in [0, 0.05) is 31.2 Å². The summed E-state index contributed by atoms with van der Waals surface area (Å²) < 4.78 is 0. The minimum absolute atomic E-state index is 0.454. The molecule has 2 rings (SSSR count). The van der Waals surface area contributed by atoms with Crippen molar-refractivity contribution in [1.29, 1.82) is 0 Å². The molecule has 80 valence electrons. The number of hydrogen-bond donors (Lipinski definition) is 1. The largest absolute Gasteiger partial charge is 0.309 e. The molecule has 1 atom stereocenters. The van der Waals surface area contributed by atoms with Gasteiger partial charge in [0.25, 0.3) is 0 Å². The molecule has 0 aromatic heterocycles. The van der Waals surface area contributed by atoms with Gasteiger partial charge in [-0.1, -0.05) is 18.9 Å².